The average Bonchev–Trinajstić information content (AvgIpc) is 3.12. The second-order valence-electron chi connectivity index (χ2n) is 5.35. The Labute approximate surface area is 166 Å². The van der Waals surface area contributed by atoms with Crippen LogP contribution in [-0.2, 0) is 0 Å². The first-order valence-corrected chi connectivity index (χ1v) is 8.74. The summed E-state index contributed by atoms with van der Waals surface area (Å²) in [5, 5.41) is 17.7. The highest BCUT2D eigenvalue weighted by molar-refractivity contribution is 7.17. The number of nitrogens with zero attached hydrogens (tertiary/aromatic N) is 4. The van der Waals surface area contributed by atoms with Gasteiger partial charge < -0.3 is 9.84 Å². The van der Waals surface area contributed by atoms with Gasteiger partial charge in [0.1, 0.15) is 5.75 Å². The molecule has 144 valence electrons. The third kappa shape index (κ3) is 3.75. The van der Waals surface area contributed by atoms with Crippen LogP contribution in [0.4, 0.5) is 9.52 Å². The maximum absolute atomic E-state index is 14.7. The van der Waals surface area contributed by atoms with Crippen LogP contribution in [0, 0.1) is 12.7 Å². The van der Waals surface area contributed by atoms with Crippen LogP contribution < -0.4 is 10.1 Å². The van der Waals surface area contributed by atoms with Crippen molar-refractivity contribution >= 4 is 39.9 Å². The normalized spacial score (nSPS) is 10.6. The molecule has 3 rings (SSSR count). The van der Waals surface area contributed by atoms with Gasteiger partial charge in [-0.05, 0) is 13.0 Å². The molecule has 0 fully saturated rings. The van der Waals surface area contributed by atoms with Gasteiger partial charge in [0.25, 0.3) is 5.91 Å². The van der Waals surface area contributed by atoms with Crippen LogP contribution >= 0.6 is 22.9 Å². The molecule has 12 heteroatoms. The van der Waals surface area contributed by atoms with Crippen LogP contribution in [0.15, 0.2) is 18.5 Å². The molecule has 9 nitrogen and oxygen atoms in total. The van der Waals surface area contributed by atoms with Crippen LogP contribution in [0.5, 0.6) is 5.75 Å². The molecular weight excluding hydrogens is 413 g/mol. The number of hydrogen-bond donors (Lipinski definition) is 2. The van der Waals surface area contributed by atoms with E-state index in [1.165, 1.54) is 25.6 Å². The predicted octanol–water partition coefficient (Wildman–Crippen LogP) is 3.06. The van der Waals surface area contributed by atoms with E-state index in [4.69, 9.17) is 21.4 Å². The number of aromatic nitrogens is 4. The number of aryl methyl sites for hydroxylation is 1. The number of nitrogens with one attached hydrogen (secondary N) is 1. The van der Waals surface area contributed by atoms with Gasteiger partial charge in [-0.3, -0.25) is 15.1 Å². The molecule has 0 saturated carbocycles. The van der Waals surface area contributed by atoms with Crippen LogP contribution in [0.2, 0.25) is 5.15 Å². The fourth-order valence-corrected chi connectivity index (χ4v) is 3.05. The van der Waals surface area contributed by atoms with Crippen molar-refractivity contribution in [1.29, 1.82) is 0 Å². The van der Waals surface area contributed by atoms with E-state index in [2.05, 4.69) is 25.5 Å². The molecule has 0 unspecified atom stereocenters. The van der Waals surface area contributed by atoms with E-state index in [0.717, 1.165) is 0 Å². The number of ether oxygens (including phenoxy) is 1. The SMILES string of the molecule is COc1cnc(Cl)c(F)c1-c1cc(C)ncc1C(=O)Nc1nnc(C(=O)O)s1. The summed E-state index contributed by atoms with van der Waals surface area (Å²) in [6.45, 7) is 1.67. The monoisotopic (exact) mass is 423 g/mol. The molecule has 0 bridgehead atoms. The van der Waals surface area contributed by atoms with E-state index in [1.807, 2.05) is 0 Å². The molecule has 28 heavy (non-hydrogen) atoms. The first-order chi connectivity index (χ1) is 13.3. The third-order valence-electron chi connectivity index (χ3n) is 3.55. The zero-order valence-corrected chi connectivity index (χ0v) is 15.9. The number of carbonyl (C=O) groups excluding carboxylic acids is 1. The second-order valence-corrected chi connectivity index (χ2v) is 6.68. The van der Waals surface area contributed by atoms with Crippen molar-refractivity contribution in [2.75, 3.05) is 12.4 Å². The van der Waals surface area contributed by atoms with Gasteiger partial charge in [-0.25, -0.2) is 14.2 Å². The highest BCUT2D eigenvalue weighted by atomic mass is 35.5. The fraction of sp³-hybridized carbons (Fsp3) is 0.125. The van der Waals surface area contributed by atoms with Crippen molar-refractivity contribution in [1.82, 2.24) is 20.2 Å². The smallest absolute Gasteiger partial charge is 0.367 e. The summed E-state index contributed by atoms with van der Waals surface area (Å²) < 4.78 is 19.9. The van der Waals surface area contributed by atoms with E-state index in [9.17, 15) is 14.0 Å². The summed E-state index contributed by atoms with van der Waals surface area (Å²) in [6.07, 6.45) is 2.49. The summed E-state index contributed by atoms with van der Waals surface area (Å²) in [5.41, 5.74) is 0.635. The van der Waals surface area contributed by atoms with Gasteiger partial charge in [0, 0.05) is 17.5 Å². The van der Waals surface area contributed by atoms with Gasteiger partial charge >= 0.3 is 5.97 Å². The quantitative estimate of drug-likeness (QED) is 0.599. The number of anilines is 1. The Hall–Kier alpha value is -3.18. The number of amides is 1. The Morgan fingerprint density at radius 1 is 1.29 bits per heavy atom. The molecule has 0 radical (unpaired) electrons. The first kappa shape index (κ1) is 19.6. The van der Waals surface area contributed by atoms with Gasteiger partial charge in [0.05, 0.1) is 24.4 Å². The van der Waals surface area contributed by atoms with Gasteiger partial charge in [-0.15, -0.1) is 10.2 Å². The number of methoxy groups -OCH3 is 1. The molecule has 0 aliphatic rings. The lowest BCUT2D eigenvalue weighted by atomic mass is 10.00. The van der Waals surface area contributed by atoms with E-state index in [1.54, 1.807) is 6.92 Å². The Kier molecular flexibility index (Phi) is 5.47. The molecule has 3 heterocycles. The maximum atomic E-state index is 14.7. The molecule has 0 aliphatic carbocycles. The topological polar surface area (TPSA) is 127 Å². The van der Waals surface area contributed by atoms with Crippen molar-refractivity contribution in [3.05, 3.63) is 45.7 Å². The Morgan fingerprint density at radius 3 is 2.68 bits per heavy atom. The molecule has 0 aliphatic heterocycles. The molecule has 0 saturated heterocycles. The van der Waals surface area contributed by atoms with Gasteiger partial charge in [-0.1, -0.05) is 22.9 Å². The van der Waals surface area contributed by atoms with Gasteiger partial charge in [0.15, 0.2) is 11.0 Å². The van der Waals surface area contributed by atoms with Crippen molar-refractivity contribution < 1.29 is 23.8 Å². The zero-order chi connectivity index (χ0) is 20.4. The second kappa shape index (κ2) is 7.82. The number of carboxylic acid groups (broad SMARTS) is 1. The summed E-state index contributed by atoms with van der Waals surface area (Å²) in [7, 11) is 1.33. The van der Waals surface area contributed by atoms with Crippen molar-refractivity contribution in [3.63, 3.8) is 0 Å². The molecule has 0 atom stereocenters. The van der Waals surface area contributed by atoms with E-state index in [0.29, 0.717) is 17.0 Å². The molecule has 0 aromatic carbocycles. The molecule has 0 spiro atoms. The van der Waals surface area contributed by atoms with Crippen molar-refractivity contribution in [2.24, 2.45) is 0 Å². The maximum Gasteiger partial charge on any atom is 0.367 e. The van der Waals surface area contributed by atoms with E-state index in [-0.39, 0.29) is 37.7 Å². The average molecular weight is 424 g/mol. The highest BCUT2D eigenvalue weighted by Gasteiger charge is 2.23. The molecule has 2 N–H and O–H groups in total. The minimum absolute atomic E-state index is 0.00265. The minimum Gasteiger partial charge on any atom is -0.494 e. The molecule has 3 aromatic rings. The third-order valence-corrected chi connectivity index (χ3v) is 4.64. The summed E-state index contributed by atoms with van der Waals surface area (Å²) in [4.78, 5) is 31.4. The lowest BCUT2D eigenvalue weighted by Gasteiger charge is -2.14. The predicted molar refractivity (Wildman–Crippen MR) is 98.5 cm³/mol. The Balaban J connectivity index is 2.08. The van der Waals surface area contributed by atoms with Gasteiger partial charge in [-0.2, -0.15) is 0 Å². The van der Waals surface area contributed by atoms with Crippen LogP contribution in [-0.4, -0.2) is 44.3 Å². The van der Waals surface area contributed by atoms with Crippen LogP contribution in [0.1, 0.15) is 25.9 Å². The van der Waals surface area contributed by atoms with E-state index < -0.39 is 17.7 Å². The first-order valence-electron chi connectivity index (χ1n) is 7.55. The zero-order valence-electron chi connectivity index (χ0n) is 14.4. The Bertz CT molecular complexity index is 1090. The molecule has 3 aromatic heterocycles. The number of halogens is 2. The van der Waals surface area contributed by atoms with Crippen molar-refractivity contribution in [3.8, 4) is 16.9 Å². The largest absolute Gasteiger partial charge is 0.494 e. The molecule has 1 amide bonds. The van der Waals surface area contributed by atoms with Crippen LogP contribution in [0.3, 0.4) is 0 Å². The number of carbonyl (C=O) groups is 2. The molecular formula is C16H11ClFN5O4S. The number of rotatable bonds is 5. The van der Waals surface area contributed by atoms with E-state index >= 15 is 0 Å². The minimum atomic E-state index is -1.27. The Morgan fingerprint density at radius 2 is 2.04 bits per heavy atom. The standard InChI is InChI=1S/C16H11ClFN5O4S/c1-6-3-7(10-9(27-2)5-20-12(17)11(10)18)8(4-19-6)13(24)21-16-23-22-14(28-16)15(25)26/h3-5H,1-2H3,(H,25,26)(H,21,23,24). The summed E-state index contributed by atoms with van der Waals surface area (Å²) in [5.74, 6) is -2.74. The fourth-order valence-electron chi connectivity index (χ4n) is 2.33. The number of aromatic carboxylic acids is 1. The van der Waals surface area contributed by atoms with Crippen molar-refractivity contribution in [2.45, 2.75) is 6.92 Å². The van der Waals surface area contributed by atoms with Crippen LogP contribution in [0.25, 0.3) is 11.1 Å². The van der Waals surface area contributed by atoms with Gasteiger partial charge in [0.2, 0.25) is 10.1 Å². The lowest BCUT2D eigenvalue weighted by molar-refractivity contribution is 0.0695. The number of carboxylic acids is 1. The summed E-state index contributed by atoms with van der Waals surface area (Å²) >= 11 is 6.47. The highest BCUT2D eigenvalue weighted by Crippen LogP contribution is 2.37. The number of hydrogen-bond acceptors (Lipinski definition) is 8. The lowest BCUT2D eigenvalue weighted by Crippen LogP contribution is -2.14. The number of pyridine rings is 2. The summed E-state index contributed by atoms with van der Waals surface area (Å²) in [6, 6.07) is 1.49.